The zero-order valence-electron chi connectivity index (χ0n) is 7.71. The molecule has 0 radical (unpaired) electrons. The fourth-order valence-corrected chi connectivity index (χ4v) is 1.19. The number of halogens is 1. The van der Waals surface area contributed by atoms with Crippen LogP contribution in [-0.4, -0.2) is 10.1 Å². The highest BCUT2D eigenvalue weighted by Gasteiger charge is 2.17. The molecule has 0 aliphatic carbocycles. The molecule has 1 heterocycles. The first-order valence-corrected chi connectivity index (χ1v) is 4.40. The molecule has 3 N–H and O–H groups in total. The highest BCUT2D eigenvalue weighted by atomic mass is 35.5. The monoisotopic (exact) mass is 200 g/mol. The van der Waals surface area contributed by atoms with Crippen molar-refractivity contribution in [1.29, 1.82) is 0 Å². The lowest BCUT2D eigenvalue weighted by Crippen LogP contribution is -2.16. The summed E-state index contributed by atoms with van der Waals surface area (Å²) < 4.78 is 0. The Morgan fingerprint density at radius 1 is 1.62 bits per heavy atom. The van der Waals surface area contributed by atoms with Crippen molar-refractivity contribution in [3.63, 3.8) is 0 Å². The summed E-state index contributed by atoms with van der Waals surface area (Å²) in [5.41, 5.74) is 5.82. The SMILES string of the molecule is CC(C)(O)c1cnc(CN)c(Cl)c1. The minimum Gasteiger partial charge on any atom is -0.386 e. The van der Waals surface area contributed by atoms with Crippen LogP contribution in [0.25, 0.3) is 0 Å². The summed E-state index contributed by atoms with van der Waals surface area (Å²) in [7, 11) is 0. The van der Waals surface area contributed by atoms with E-state index in [2.05, 4.69) is 4.98 Å². The minimum atomic E-state index is -0.913. The van der Waals surface area contributed by atoms with Gasteiger partial charge >= 0.3 is 0 Å². The lowest BCUT2D eigenvalue weighted by Gasteiger charge is -2.17. The van der Waals surface area contributed by atoms with Crippen molar-refractivity contribution in [2.75, 3.05) is 0 Å². The van der Waals surface area contributed by atoms with Gasteiger partial charge in [0.05, 0.1) is 16.3 Å². The topological polar surface area (TPSA) is 59.1 Å². The molecular formula is C9H13ClN2O. The van der Waals surface area contributed by atoms with E-state index in [1.165, 1.54) is 0 Å². The Morgan fingerprint density at radius 3 is 2.62 bits per heavy atom. The van der Waals surface area contributed by atoms with Gasteiger partial charge in [0.25, 0.3) is 0 Å². The molecule has 0 spiro atoms. The van der Waals surface area contributed by atoms with Crippen molar-refractivity contribution in [2.45, 2.75) is 26.0 Å². The third-order valence-corrected chi connectivity index (χ3v) is 2.14. The third-order valence-electron chi connectivity index (χ3n) is 1.82. The van der Waals surface area contributed by atoms with E-state index in [4.69, 9.17) is 17.3 Å². The van der Waals surface area contributed by atoms with Gasteiger partial charge in [0.1, 0.15) is 0 Å². The van der Waals surface area contributed by atoms with Crippen LogP contribution in [0.2, 0.25) is 5.02 Å². The lowest BCUT2D eigenvalue weighted by molar-refractivity contribution is 0.0782. The molecule has 0 bridgehead atoms. The molecule has 0 saturated heterocycles. The van der Waals surface area contributed by atoms with E-state index in [1.807, 2.05) is 0 Å². The van der Waals surface area contributed by atoms with Crippen LogP contribution in [-0.2, 0) is 12.1 Å². The van der Waals surface area contributed by atoms with Gasteiger partial charge < -0.3 is 10.8 Å². The van der Waals surface area contributed by atoms with Gasteiger partial charge in [0, 0.05) is 18.3 Å². The van der Waals surface area contributed by atoms with Crippen LogP contribution >= 0.6 is 11.6 Å². The summed E-state index contributed by atoms with van der Waals surface area (Å²) in [6.45, 7) is 3.68. The van der Waals surface area contributed by atoms with Gasteiger partial charge in [0.2, 0.25) is 0 Å². The number of hydrogen-bond acceptors (Lipinski definition) is 3. The molecule has 0 aliphatic heterocycles. The first-order chi connectivity index (χ1) is 5.95. The Morgan fingerprint density at radius 2 is 2.23 bits per heavy atom. The van der Waals surface area contributed by atoms with Crippen LogP contribution < -0.4 is 5.73 Å². The molecule has 1 rings (SSSR count). The Bertz CT molecular complexity index is 307. The third kappa shape index (κ3) is 2.40. The maximum Gasteiger partial charge on any atom is 0.0855 e. The smallest absolute Gasteiger partial charge is 0.0855 e. The number of aromatic nitrogens is 1. The van der Waals surface area contributed by atoms with Gasteiger partial charge in [-0.1, -0.05) is 11.6 Å². The first-order valence-electron chi connectivity index (χ1n) is 4.02. The van der Waals surface area contributed by atoms with Crippen molar-refractivity contribution < 1.29 is 5.11 Å². The first kappa shape index (κ1) is 10.4. The predicted octanol–water partition coefficient (Wildman–Crippen LogP) is 1.42. The number of pyridine rings is 1. The fraction of sp³-hybridized carbons (Fsp3) is 0.444. The second-order valence-electron chi connectivity index (χ2n) is 3.42. The van der Waals surface area contributed by atoms with Crippen LogP contribution in [0.5, 0.6) is 0 Å². The molecular weight excluding hydrogens is 188 g/mol. The van der Waals surface area contributed by atoms with Crippen LogP contribution in [0, 0.1) is 0 Å². The van der Waals surface area contributed by atoms with E-state index >= 15 is 0 Å². The Balaban J connectivity index is 3.10. The number of nitrogens with zero attached hydrogens (tertiary/aromatic N) is 1. The molecule has 0 unspecified atom stereocenters. The number of hydrogen-bond donors (Lipinski definition) is 2. The highest BCUT2D eigenvalue weighted by molar-refractivity contribution is 6.31. The largest absolute Gasteiger partial charge is 0.386 e. The molecule has 0 amide bonds. The zero-order chi connectivity index (χ0) is 10.1. The van der Waals surface area contributed by atoms with Crippen molar-refractivity contribution in [3.8, 4) is 0 Å². The maximum atomic E-state index is 9.65. The number of nitrogens with two attached hydrogens (primary N) is 1. The van der Waals surface area contributed by atoms with Crippen molar-refractivity contribution >= 4 is 11.6 Å². The van der Waals surface area contributed by atoms with Gasteiger partial charge in [0.15, 0.2) is 0 Å². The van der Waals surface area contributed by atoms with Crippen LogP contribution in [0.3, 0.4) is 0 Å². The maximum absolute atomic E-state index is 9.65. The summed E-state index contributed by atoms with van der Waals surface area (Å²) in [5, 5.41) is 10.1. The van der Waals surface area contributed by atoms with Gasteiger partial charge in [-0.05, 0) is 19.9 Å². The molecule has 1 aromatic rings. The summed E-state index contributed by atoms with van der Waals surface area (Å²) >= 11 is 5.88. The average molecular weight is 201 g/mol. The fourth-order valence-electron chi connectivity index (χ4n) is 0.951. The van der Waals surface area contributed by atoms with Gasteiger partial charge in [-0.15, -0.1) is 0 Å². The Labute approximate surface area is 82.5 Å². The number of rotatable bonds is 2. The van der Waals surface area contributed by atoms with Gasteiger partial charge in [-0.3, -0.25) is 4.98 Å². The molecule has 4 heteroatoms. The number of aliphatic hydroxyl groups is 1. The highest BCUT2D eigenvalue weighted by Crippen LogP contribution is 2.23. The average Bonchev–Trinajstić information content (AvgIpc) is 2.02. The standard InChI is InChI=1S/C9H13ClN2O/c1-9(2,13)6-3-7(10)8(4-11)12-5-6/h3,5,13H,4,11H2,1-2H3. The predicted molar refractivity (Wildman–Crippen MR) is 52.4 cm³/mol. The van der Waals surface area contributed by atoms with E-state index in [0.29, 0.717) is 22.8 Å². The summed E-state index contributed by atoms with van der Waals surface area (Å²) in [6.07, 6.45) is 1.59. The van der Waals surface area contributed by atoms with E-state index < -0.39 is 5.60 Å². The van der Waals surface area contributed by atoms with Gasteiger partial charge in [-0.2, -0.15) is 0 Å². The summed E-state index contributed by atoms with van der Waals surface area (Å²) in [4.78, 5) is 4.05. The molecule has 0 fully saturated rings. The Hall–Kier alpha value is -0.640. The van der Waals surface area contributed by atoms with Crippen LogP contribution in [0.1, 0.15) is 25.1 Å². The van der Waals surface area contributed by atoms with E-state index in [9.17, 15) is 5.11 Å². The molecule has 72 valence electrons. The quantitative estimate of drug-likeness (QED) is 0.759. The summed E-state index contributed by atoms with van der Waals surface area (Å²) in [5.74, 6) is 0. The molecule has 1 aromatic heterocycles. The Kier molecular flexibility index (Phi) is 2.91. The van der Waals surface area contributed by atoms with Crippen molar-refractivity contribution in [3.05, 3.63) is 28.5 Å². The molecule has 0 saturated carbocycles. The second-order valence-corrected chi connectivity index (χ2v) is 3.82. The van der Waals surface area contributed by atoms with Crippen LogP contribution in [0.4, 0.5) is 0 Å². The molecule has 0 aliphatic rings. The minimum absolute atomic E-state index is 0.310. The summed E-state index contributed by atoms with van der Waals surface area (Å²) in [6, 6.07) is 1.69. The molecule has 13 heavy (non-hydrogen) atoms. The molecule has 0 atom stereocenters. The van der Waals surface area contributed by atoms with Crippen molar-refractivity contribution in [1.82, 2.24) is 4.98 Å². The molecule has 3 nitrogen and oxygen atoms in total. The molecule has 0 aromatic carbocycles. The van der Waals surface area contributed by atoms with Crippen LogP contribution in [0.15, 0.2) is 12.3 Å². The second kappa shape index (κ2) is 3.62. The van der Waals surface area contributed by atoms with E-state index in [0.717, 1.165) is 0 Å². The van der Waals surface area contributed by atoms with Gasteiger partial charge in [-0.25, -0.2) is 0 Å². The van der Waals surface area contributed by atoms with E-state index in [1.54, 1.807) is 26.1 Å². The van der Waals surface area contributed by atoms with Crippen molar-refractivity contribution in [2.24, 2.45) is 5.73 Å². The normalized spacial score (nSPS) is 11.8. The lowest BCUT2D eigenvalue weighted by atomic mass is 10.0. The van der Waals surface area contributed by atoms with E-state index in [-0.39, 0.29) is 0 Å². The zero-order valence-corrected chi connectivity index (χ0v) is 8.47.